The molecule has 178 valence electrons. The quantitative estimate of drug-likeness (QED) is 0.410. The minimum Gasteiger partial charge on any atom is -0.352 e. The highest BCUT2D eigenvalue weighted by Crippen LogP contribution is 2.61. The predicted octanol–water partition coefficient (Wildman–Crippen LogP) is 4.04. The van der Waals surface area contributed by atoms with Gasteiger partial charge in [0.25, 0.3) is 5.56 Å². The van der Waals surface area contributed by atoms with Crippen LogP contribution in [0.4, 0.5) is 0 Å². The summed E-state index contributed by atoms with van der Waals surface area (Å²) in [7, 11) is 0. The largest absolute Gasteiger partial charge is 0.352 e. The van der Waals surface area contributed by atoms with E-state index in [0.29, 0.717) is 22.9 Å². The van der Waals surface area contributed by atoms with Crippen LogP contribution in [0.1, 0.15) is 45.4 Å². The third-order valence-electron chi connectivity index (χ3n) is 8.50. The molecule has 4 saturated carbocycles. The van der Waals surface area contributed by atoms with E-state index >= 15 is 0 Å². The van der Waals surface area contributed by atoms with Crippen molar-refractivity contribution >= 4 is 34.3 Å². The van der Waals surface area contributed by atoms with Gasteiger partial charge in [-0.1, -0.05) is 30.0 Å². The number of hydrogen-bond donors (Lipinski definition) is 1. The number of para-hydroxylation sites is 1. The molecular weight excluding hydrogens is 446 g/mol. The van der Waals surface area contributed by atoms with Crippen LogP contribution >= 0.6 is 11.8 Å². The predicted molar refractivity (Wildman–Crippen MR) is 134 cm³/mol. The molecule has 0 saturated heterocycles. The summed E-state index contributed by atoms with van der Waals surface area (Å²) < 4.78 is 3.45. The zero-order valence-electron chi connectivity index (χ0n) is 19.6. The van der Waals surface area contributed by atoms with Crippen LogP contribution < -0.4 is 10.9 Å². The summed E-state index contributed by atoms with van der Waals surface area (Å²) >= 11 is 1.37. The lowest BCUT2D eigenvalue weighted by atomic mass is 9.48. The second-order valence-corrected chi connectivity index (χ2v) is 11.6. The highest BCUT2D eigenvalue weighted by atomic mass is 32.2. The lowest BCUT2D eigenvalue weighted by molar-refractivity contribution is -0.123. The molecular formula is C26H31N5O2S. The summed E-state index contributed by atoms with van der Waals surface area (Å²) in [5, 5.41) is 13.2. The van der Waals surface area contributed by atoms with Gasteiger partial charge < -0.3 is 5.32 Å². The topological polar surface area (TPSA) is 81.3 Å². The van der Waals surface area contributed by atoms with Crippen LogP contribution in [-0.4, -0.2) is 36.9 Å². The van der Waals surface area contributed by atoms with Gasteiger partial charge in [-0.05, 0) is 80.8 Å². The fraction of sp³-hybridized carbons (Fsp3) is 0.538. The lowest BCUT2D eigenvalue weighted by Crippen LogP contribution is -2.56. The molecule has 3 aromatic rings. The Bertz CT molecular complexity index is 1310. The van der Waals surface area contributed by atoms with Gasteiger partial charge in [0, 0.05) is 12.6 Å². The fourth-order valence-electron chi connectivity index (χ4n) is 7.40. The van der Waals surface area contributed by atoms with Crippen molar-refractivity contribution in [3.63, 3.8) is 0 Å². The molecule has 7 rings (SSSR count). The van der Waals surface area contributed by atoms with Crippen molar-refractivity contribution in [3.8, 4) is 0 Å². The maximum absolute atomic E-state index is 13.0. The number of thioether (sulfide) groups is 1. The molecule has 1 unspecified atom stereocenters. The molecule has 34 heavy (non-hydrogen) atoms. The van der Waals surface area contributed by atoms with Gasteiger partial charge in [0.05, 0.1) is 16.7 Å². The zero-order chi connectivity index (χ0) is 23.4. The van der Waals surface area contributed by atoms with Crippen molar-refractivity contribution in [3.05, 3.63) is 47.3 Å². The summed E-state index contributed by atoms with van der Waals surface area (Å²) in [6, 6.07) is 7.65. The van der Waals surface area contributed by atoms with Gasteiger partial charge >= 0.3 is 0 Å². The highest BCUT2D eigenvalue weighted by molar-refractivity contribution is 7.99. The van der Waals surface area contributed by atoms with Crippen molar-refractivity contribution in [2.75, 3.05) is 5.75 Å². The van der Waals surface area contributed by atoms with Gasteiger partial charge in [-0.15, -0.1) is 16.8 Å². The Hall–Kier alpha value is -2.61. The lowest BCUT2D eigenvalue weighted by Gasteiger charge is -2.59. The number of aromatic nitrogens is 4. The second-order valence-electron chi connectivity index (χ2n) is 10.7. The first kappa shape index (κ1) is 21.9. The summed E-state index contributed by atoms with van der Waals surface area (Å²) in [6.45, 7) is 6.33. The van der Waals surface area contributed by atoms with Crippen LogP contribution in [0.3, 0.4) is 0 Å². The Morgan fingerprint density at radius 1 is 1.21 bits per heavy atom. The van der Waals surface area contributed by atoms with Crippen LogP contribution in [0.15, 0.2) is 46.9 Å². The molecule has 0 spiro atoms. The average molecular weight is 478 g/mol. The van der Waals surface area contributed by atoms with Crippen molar-refractivity contribution in [1.82, 2.24) is 24.5 Å². The van der Waals surface area contributed by atoms with E-state index in [4.69, 9.17) is 0 Å². The van der Waals surface area contributed by atoms with Crippen molar-refractivity contribution in [2.45, 2.75) is 63.2 Å². The minimum atomic E-state index is -0.117. The second kappa shape index (κ2) is 8.26. The van der Waals surface area contributed by atoms with Crippen LogP contribution in [0.5, 0.6) is 0 Å². The number of allylic oxidation sites excluding steroid dienone is 1. The molecule has 2 aromatic heterocycles. The summed E-state index contributed by atoms with van der Waals surface area (Å²) in [5.41, 5.74) is 0.917. The van der Waals surface area contributed by atoms with Gasteiger partial charge in [-0.2, -0.15) is 0 Å². The summed E-state index contributed by atoms with van der Waals surface area (Å²) in [6.07, 6.45) is 9.71. The van der Waals surface area contributed by atoms with E-state index in [1.807, 2.05) is 28.7 Å². The number of amides is 1. The van der Waals surface area contributed by atoms with Crippen LogP contribution in [-0.2, 0) is 11.3 Å². The number of nitrogens with one attached hydrogen (secondary N) is 1. The van der Waals surface area contributed by atoms with E-state index in [2.05, 4.69) is 29.0 Å². The van der Waals surface area contributed by atoms with Gasteiger partial charge in [0.2, 0.25) is 11.7 Å². The Morgan fingerprint density at radius 3 is 2.56 bits per heavy atom. The molecule has 1 aromatic carbocycles. The first-order valence-electron chi connectivity index (χ1n) is 12.4. The van der Waals surface area contributed by atoms with Crippen molar-refractivity contribution in [2.24, 2.45) is 23.2 Å². The van der Waals surface area contributed by atoms with E-state index in [1.54, 1.807) is 10.6 Å². The number of nitrogens with zero attached hydrogens (tertiary/aromatic N) is 4. The van der Waals surface area contributed by atoms with Crippen LogP contribution in [0, 0.1) is 23.2 Å². The molecule has 7 nitrogen and oxygen atoms in total. The highest BCUT2D eigenvalue weighted by Gasteiger charge is 2.53. The average Bonchev–Trinajstić information content (AvgIpc) is 3.23. The molecule has 1 atom stereocenters. The smallest absolute Gasteiger partial charge is 0.263 e. The SMILES string of the molecule is C=CCn1c(=O)c2ccccc2n2c(SCC(=O)NC(C)C34CC5CC(CC(C5)C3)C4)nnc12. The van der Waals surface area contributed by atoms with Gasteiger partial charge in [-0.25, -0.2) is 0 Å². The van der Waals surface area contributed by atoms with E-state index in [1.165, 1.54) is 50.3 Å². The number of benzene rings is 1. The molecule has 4 fully saturated rings. The van der Waals surface area contributed by atoms with E-state index in [9.17, 15) is 9.59 Å². The molecule has 4 aliphatic carbocycles. The van der Waals surface area contributed by atoms with Crippen molar-refractivity contribution < 1.29 is 4.79 Å². The van der Waals surface area contributed by atoms with Crippen LogP contribution in [0.25, 0.3) is 16.7 Å². The molecule has 4 aliphatic rings. The number of rotatable bonds is 7. The molecule has 4 bridgehead atoms. The van der Waals surface area contributed by atoms with Gasteiger partial charge in [0.1, 0.15) is 0 Å². The Morgan fingerprint density at radius 2 is 1.88 bits per heavy atom. The minimum absolute atomic E-state index is 0.0358. The molecule has 8 heteroatoms. The Balaban J connectivity index is 1.22. The third kappa shape index (κ3) is 3.49. The summed E-state index contributed by atoms with van der Waals surface area (Å²) in [4.78, 5) is 26.0. The molecule has 1 amide bonds. The number of carbonyl (C=O) groups is 1. The zero-order valence-corrected chi connectivity index (χ0v) is 20.4. The molecule has 2 heterocycles. The number of fused-ring (bicyclic) bond motifs is 3. The molecule has 1 N–H and O–H groups in total. The molecule has 0 radical (unpaired) electrons. The normalized spacial score (nSPS) is 28.4. The Kier molecular flexibility index (Phi) is 5.32. The van der Waals surface area contributed by atoms with Crippen molar-refractivity contribution in [1.29, 1.82) is 0 Å². The molecule has 0 aliphatic heterocycles. The maximum atomic E-state index is 13.0. The third-order valence-corrected chi connectivity index (χ3v) is 9.43. The van der Waals surface area contributed by atoms with Gasteiger partial charge in [-0.3, -0.25) is 18.6 Å². The fourth-order valence-corrected chi connectivity index (χ4v) is 8.15. The summed E-state index contributed by atoms with van der Waals surface area (Å²) in [5.74, 6) is 3.37. The van der Waals surface area contributed by atoms with E-state index in [0.717, 1.165) is 23.3 Å². The van der Waals surface area contributed by atoms with E-state index < -0.39 is 0 Å². The first-order chi connectivity index (χ1) is 16.5. The first-order valence-corrected chi connectivity index (χ1v) is 13.4. The van der Waals surface area contributed by atoms with Gasteiger partial charge in [0.15, 0.2) is 5.16 Å². The number of hydrogen-bond acceptors (Lipinski definition) is 5. The van der Waals surface area contributed by atoms with Crippen LogP contribution in [0.2, 0.25) is 0 Å². The van der Waals surface area contributed by atoms with E-state index in [-0.39, 0.29) is 28.7 Å². The Labute approximate surface area is 203 Å². The monoisotopic (exact) mass is 477 g/mol. The maximum Gasteiger partial charge on any atom is 0.263 e. The number of carbonyl (C=O) groups excluding carboxylic acids is 1. The standard InChI is InChI=1S/C26H31N5O2S/c1-3-8-30-23(33)20-6-4-5-7-21(20)31-24(30)28-29-25(31)34-15-22(32)27-16(2)26-12-17-9-18(13-26)11-19(10-17)14-26/h3-7,16-19H,1,8-15H2,2H3,(H,27,32).